The molecule has 30 heavy (non-hydrogen) atoms. The Hall–Kier alpha value is -1.83. The zero-order valence-corrected chi connectivity index (χ0v) is 19.1. The highest BCUT2D eigenvalue weighted by Crippen LogP contribution is 2.34. The van der Waals surface area contributed by atoms with E-state index in [1.54, 1.807) is 40.3 Å². The first-order valence-electron chi connectivity index (χ1n) is 10.5. The van der Waals surface area contributed by atoms with Gasteiger partial charge in [-0.05, 0) is 66.8 Å². The molecule has 7 heteroatoms. The number of rotatable bonds is 3. The van der Waals surface area contributed by atoms with Gasteiger partial charge in [-0.25, -0.2) is 8.42 Å². The van der Waals surface area contributed by atoms with E-state index in [9.17, 15) is 13.2 Å². The number of benzene rings is 2. The van der Waals surface area contributed by atoms with Crippen molar-refractivity contribution in [1.82, 2.24) is 4.31 Å². The highest BCUT2D eigenvalue weighted by atomic mass is 32.2. The van der Waals surface area contributed by atoms with E-state index in [4.69, 9.17) is 0 Å². The normalized spacial score (nSPS) is 22.9. The Morgan fingerprint density at radius 1 is 1.00 bits per heavy atom. The Labute approximate surface area is 183 Å². The second-order valence-corrected chi connectivity index (χ2v) is 11.5. The van der Waals surface area contributed by atoms with Crippen molar-refractivity contribution >= 4 is 33.4 Å². The lowest BCUT2D eigenvalue weighted by Gasteiger charge is -2.34. The molecular weight excluding hydrogens is 416 g/mol. The van der Waals surface area contributed by atoms with Crippen molar-refractivity contribution in [3.05, 3.63) is 54.1 Å². The van der Waals surface area contributed by atoms with Crippen LogP contribution in [0.15, 0.2) is 58.3 Å². The summed E-state index contributed by atoms with van der Waals surface area (Å²) in [5.74, 6) is 1.59. The van der Waals surface area contributed by atoms with Crippen LogP contribution in [0.5, 0.6) is 0 Å². The Balaban J connectivity index is 1.57. The molecule has 160 valence electrons. The van der Waals surface area contributed by atoms with Crippen LogP contribution in [0.3, 0.4) is 0 Å². The summed E-state index contributed by atoms with van der Waals surface area (Å²) in [5, 5.41) is 0. The van der Waals surface area contributed by atoms with Crippen molar-refractivity contribution in [2.24, 2.45) is 11.8 Å². The van der Waals surface area contributed by atoms with Crippen LogP contribution in [0.4, 0.5) is 5.69 Å². The molecule has 0 spiro atoms. The number of sulfonamides is 1. The fourth-order valence-electron chi connectivity index (χ4n) is 4.41. The Bertz CT molecular complexity index is 1010. The summed E-state index contributed by atoms with van der Waals surface area (Å²) in [7, 11) is -3.54. The molecule has 4 rings (SSSR count). The van der Waals surface area contributed by atoms with Crippen molar-refractivity contribution in [2.45, 2.75) is 36.5 Å². The molecule has 0 unspecified atom stereocenters. The minimum atomic E-state index is -3.54. The van der Waals surface area contributed by atoms with Crippen molar-refractivity contribution in [3.8, 4) is 0 Å². The third-order valence-electron chi connectivity index (χ3n) is 5.76. The summed E-state index contributed by atoms with van der Waals surface area (Å²) in [6.45, 7) is 5.95. The summed E-state index contributed by atoms with van der Waals surface area (Å²) in [4.78, 5) is 16.4. The predicted octanol–water partition coefficient (Wildman–Crippen LogP) is 4.50. The van der Waals surface area contributed by atoms with E-state index in [0.29, 0.717) is 37.0 Å². The van der Waals surface area contributed by atoms with Gasteiger partial charge in [-0.3, -0.25) is 4.79 Å². The van der Waals surface area contributed by atoms with Gasteiger partial charge in [0, 0.05) is 30.1 Å². The van der Waals surface area contributed by atoms with E-state index < -0.39 is 10.0 Å². The van der Waals surface area contributed by atoms with Gasteiger partial charge in [-0.1, -0.05) is 26.0 Å². The standard InChI is InChI=1S/C23H28N2O3S2/c1-17-14-18(2)16-24(15-17)30(27,28)20-10-8-19(9-11-20)23(26)25-12-5-13-29-22-7-4-3-6-21(22)25/h3-4,6-11,17-18H,5,12-16H2,1-2H3/t17-,18-/m1/s1. The first-order valence-corrected chi connectivity index (χ1v) is 12.9. The molecule has 2 aliphatic rings. The molecule has 1 amide bonds. The number of carbonyl (C=O) groups is 1. The molecule has 1 fully saturated rings. The molecule has 2 aromatic rings. The lowest BCUT2D eigenvalue weighted by atomic mass is 9.94. The van der Waals surface area contributed by atoms with Gasteiger partial charge in [-0.2, -0.15) is 4.31 Å². The largest absolute Gasteiger partial charge is 0.307 e. The topological polar surface area (TPSA) is 57.7 Å². The number of piperidine rings is 1. The van der Waals surface area contributed by atoms with Gasteiger partial charge in [0.25, 0.3) is 5.91 Å². The maximum absolute atomic E-state index is 13.2. The molecule has 0 radical (unpaired) electrons. The molecule has 0 aromatic heterocycles. The van der Waals surface area contributed by atoms with E-state index in [-0.39, 0.29) is 10.8 Å². The molecule has 2 aromatic carbocycles. The number of fused-ring (bicyclic) bond motifs is 1. The minimum absolute atomic E-state index is 0.0888. The SMILES string of the molecule is C[C@@H]1C[C@@H](C)CN(S(=O)(=O)c2ccc(C(=O)N3CCCSc4ccccc43)cc2)C1. The van der Waals surface area contributed by atoms with Crippen LogP contribution in [0.25, 0.3) is 0 Å². The molecule has 2 heterocycles. The molecule has 1 saturated heterocycles. The van der Waals surface area contributed by atoms with Gasteiger partial charge in [-0.15, -0.1) is 11.8 Å². The van der Waals surface area contributed by atoms with E-state index in [1.807, 2.05) is 29.2 Å². The number of para-hydroxylation sites is 1. The fourth-order valence-corrected chi connectivity index (χ4v) is 7.09. The van der Waals surface area contributed by atoms with Crippen molar-refractivity contribution in [1.29, 1.82) is 0 Å². The molecule has 0 bridgehead atoms. The first kappa shape index (κ1) is 21.4. The Kier molecular flexibility index (Phi) is 6.23. The third kappa shape index (κ3) is 4.29. The number of anilines is 1. The zero-order valence-electron chi connectivity index (χ0n) is 17.5. The van der Waals surface area contributed by atoms with Gasteiger partial charge < -0.3 is 4.90 Å². The molecule has 2 aliphatic heterocycles. The van der Waals surface area contributed by atoms with Gasteiger partial charge in [0.05, 0.1) is 10.6 Å². The zero-order chi connectivity index (χ0) is 21.3. The quantitative estimate of drug-likeness (QED) is 0.700. The number of hydrogen-bond acceptors (Lipinski definition) is 4. The highest BCUT2D eigenvalue weighted by Gasteiger charge is 2.32. The number of amides is 1. The van der Waals surface area contributed by atoms with E-state index in [1.165, 1.54) is 0 Å². The summed E-state index contributed by atoms with van der Waals surface area (Å²) < 4.78 is 27.8. The van der Waals surface area contributed by atoms with E-state index in [0.717, 1.165) is 29.2 Å². The van der Waals surface area contributed by atoms with Crippen LogP contribution in [0.2, 0.25) is 0 Å². The number of thioether (sulfide) groups is 1. The Morgan fingerprint density at radius 3 is 2.37 bits per heavy atom. The third-order valence-corrected chi connectivity index (χ3v) is 8.75. The smallest absolute Gasteiger partial charge is 0.258 e. The van der Waals surface area contributed by atoms with Crippen LogP contribution in [-0.2, 0) is 10.0 Å². The average molecular weight is 445 g/mol. The second kappa shape index (κ2) is 8.73. The summed E-state index contributed by atoms with van der Waals surface area (Å²) >= 11 is 1.77. The molecular formula is C23H28N2O3S2. The molecule has 5 nitrogen and oxygen atoms in total. The number of nitrogens with zero attached hydrogens (tertiary/aromatic N) is 2. The van der Waals surface area contributed by atoms with E-state index in [2.05, 4.69) is 13.8 Å². The predicted molar refractivity (Wildman–Crippen MR) is 122 cm³/mol. The van der Waals surface area contributed by atoms with Crippen LogP contribution >= 0.6 is 11.8 Å². The van der Waals surface area contributed by atoms with Gasteiger partial charge in [0.15, 0.2) is 0 Å². The van der Waals surface area contributed by atoms with Crippen LogP contribution < -0.4 is 4.90 Å². The summed E-state index contributed by atoms with van der Waals surface area (Å²) in [6, 6.07) is 14.4. The maximum Gasteiger partial charge on any atom is 0.258 e. The van der Waals surface area contributed by atoms with Crippen LogP contribution in [-0.4, -0.2) is 44.0 Å². The fraction of sp³-hybridized carbons (Fsp3) is 0.435. The second-order valence-electron chi connectivity index (χ2n) is 8.42. The maximum atomic E-state index is 13.2. The van der Waals surface area contributed by atoms with Crippen molar-refractivity contribution < 1.29 is 13.2 Å². The Morgan fingerprint density at radius 2 is 1.67 bits per heavy atom. The van der Waals surface area contributed by atoms with Crippen molar-refractivity contribution in [3.63, 3.8) is 0 Å². The van der Waals surface area contributed by atoms with Gasteiger partial charge in [0.2, 0.25) is 10.0 Å². The lowest BCUT2D eigenvalue weighted by molar-refractivity contribution is 0.0986. The van der Waals surface area contributed by atoms with E-state index >= 15 is 0 Å². The summed E-state index contributed by atoms with van der Waals surface area (Å²) in [5.41, 5.74) is 1.44. The highest BCUT2D eigenvalue weighted by molar-refractivity contribution is 7.99. The number of carbonyl (C=O) groups excluding carboxylic acids is 1. The average Bonchev–Trinajstić information content (AvgIpc) is 2.95. The monoisotopic (exact) mass is 444 g/mol. The summed E-state index contributed by atoms with van der Waals surface area (Å²) in [6.07, 6.45) is 1.97. The molecule has 0 N–H and O–H groups in total. The lowest BCUT2D eigenvalue weighted by Crippen LogP contribution is -2.42. The molecule has 0 saturated carbocycles. The molecule has 2 atom stereocenters. The van der Waals surface area contributed by atoms with Gasteiger partial charge in [0.1, 0.15) is 0 Å². The van der Waals surface area contributed by atoms with Crippen LogP contribution in [0.1, 0.15) is 37.0 Å². The first-order chi connectivity index (χ1) is 14.4. The van der Waals surface area contributed by atoms with Crippen LogP contribution in [0, 0.1) is 11.8 Å². The molecule has 0 aliphatic carbocycles. The van der Waals surface area contributed by atoms with Crippen molar-refractivity contribution in [2.75, 3.05) is 30.3 Å². The van der Waals surface area contributed by atoms with Gasteiger partial charge >= 0.3 is 0 Å². The number of hydrogen-bond donors (Lipinski definition) is 0. The minimum Gasteiger partial charge on any atom is -0.307 e.